The van der Waals surface area contributed by atoms with E-state index in [0.29, 0.717) is 28.4 Å². The van der Waals surface area contributed by atoms with Gasteiger partial charge in [-0.15, -0.1) is 0 Å². The molecule has 3 N–H and O–H groups in total. The Bertz CT molecular complexity index is 873. The van der Waals surface area contributed by atoms with Crippen LogP contribution in [0.1, 0.15) is 11.1 Å². The number of nitrogens with two attached hydrogens (primary N) is 1. The van der Waals surface area contributed by atoms with Crippen LogP contribution >= 0.6 is 0 Å². The third-order valence-corrected chi connectivity index (χ3v) is 4.43. The van der Waals surface area contributed by atoms with Crippen molar-refractivity contribution in [2.24, 2.45) is 10.7 Å². The van der Waals surface area contributed by atoms with Gasteiger partial charge >= 0.3 is 0 Å². The van der Waals surface area contributed by atoms with E-state index in [9.17, 15) is 9.18 Å². The molecular formula is C19H20FN3O4. The lowest BCUT2D eigenvalue weighted by molar-refractivity contribution is -0.124. The standard InChI is InChI=1S/C19H20FN3O4/c1-25-14-8-11(9-15(26-2)16(14)27-3)10-19(17(24)22-18(21)23-19)12-4-6-13(20)7-5-12/h4-9H,10H2,1-3H3,(H3,21,22,23,24)/t19-/m0/s1. The summed E-state index contributed by atoms with van der Waals surface area (Å²) in [6.07, 6.45) is 0.169. The quantitative estimate of drug-likeness (QED) is 0.804. The number of amides is 1. The highest BCUT2D eigenvalue weighted by atomic mass is 19.1. The summed E-state index contributed by atoms with van der Waals surface area (Å²) in [5.74, 6) is 0.570. The van der Waals surface area contributed by atoms with Crippen molar-refractivity contribution in [2.75, 3.05) is 21.3 Å². The van der Waals surface area contributed by atoms with E-state index in [1.807, 2.05) is 0 Å². The van der Waals surface area contributed by atoms with E-state index >= 15 is 0 Å². The Balaban J connectivity index is 2.11. The average molecular weight is 373 g/mol. The molecule has 142 valence electrons. The van der Waals surface area contributed by atoms with Crippen molar-refractivity contribution in [3.05, 3.63) is 53.3 Å². The van der Waals surface area contributed by atoms with Crippen molar-refractivity contribution in [2.45, 2.75) is 12.0 Å². The van der Waals surface area contributed by atoms with E-state index < -0.39 is 11.4 Å². The number of aliphatic imine (C=N–C) groups is 1. The number of carbonyl (C=O) groups excluding carboxylic acids is 1. The number of nitrogens with zero attached hydrogens (tertiary/aromatic N) is 1. The van der Waals surface area contributed by atoms with Crippen LogP contribution in [0.25, 0.3) is 0 Å². The zero-order valence-electron chi connectivity index (χ0n) is 15.2. The predicted molar refractivity (Wildman–Crippen MR) is 97.6 cm³/mol. The van der Waals surface area contributed by atoms with E-state index in [2.05, 4.69) is 10.3 Å². The number of nitrogens with one attached hydrogen (secondary N) is 1. The molecule has 0 aromatic heterocycles. The largest absolute Gasteiger partial charge is 0.493 e. The fraction of sp³-hybridized carbons (Fsp3) is 0.263. The topological polar surface area (TPSA) is 95.2 Å². The highest BCUT2D eigenvalue weighted by Crippen LogP contribution is 2.41. The fourth-order valence-electron chi connectivity index (χ4n) is 3.18. The molecule has 0 fully saturated rings. The van der Waals surface area contributed by atoms with Crippen LogP contribution in [0.4, 0.5) is 4.39 Å². The van der Waals surface area contributed by atoms with E-state index in [1.165, 1.54) is 45.6 Å². The summed E-state index contributed by atoms with van der Waals surface area (Å²) in [5, 5.41) is 2.53. The second-order valence-corrected chi connectivity index (χ2v) is 6.03. The molecule has 1 heterocycles. The third kappa shape index (κ3) is 3.25. The summed E-state index contributed by atoms with van der Waals surface area (Å²) >= 11 is 0. The summed E-state index contributed by atoms with van der Waals surface area (Å²) in [6.45, 7) is 0. The van der Waals surface area contributed by atoms with Crippen LogP contribution < -0.4 is 25.3 Å². The number of hydrogen-bond acceptors (Lipinski definition) is 6. The molecule has 2 aromatic rings. The normalized spacial score (nSPS) is 18.7. The number of rotatable bonds is 6. The zero-order valence-corrected chi connectivity index (χ0v) is 15.2. The van der Waals surface area contributed by atoms with Gasteiger partial charge in [0.25, 0.3) is 5.91 Å². The van der Waals surface area contributed by atoms with Crippen LogP contribution in [0.15, 0.2) is 41.4 Å². The number of methoxy groups -OCH3 is 3. The molecule has 1 aliphatic rings. The number of benzene rings is 2. The molecule has 8 heteroatoms. The van der Waals surface area contributed by atoms with Gasteiger partial charge in [-0.1, -0.05) is 12.1 Å². The lowest BCUT2D eigenvalue weighted by atomic mass is 9.84. The first-order valence-corrected chi connectivity index (χ1v) is 8.15. The summed E-state index contributed by atoms with van der Waals surface area (Å²) in [7, 11) is 4.53. The van der Waals surface area contributed by atoms with Crippen molar-refractivity contribution in [1.29, 1.82) is 0 Å². The molecule has 2 aromatic carbocycles. The second kappa shape index (κ2) is 7.14. The number of guanidine groups is 1. The second-order valence-electron chi connectivity index (χ2n) is 6.03. The van der Waals surface area contributed by atoms with Gasteiger partial charge in [0.2, 0.25) is 5.75 Å². The van der Waals surface area contributed by atoms with Crippen molar-refractivity contribution in [3.63, 3.8) is 0 Å². The van der Waals surface area contributed by atoms with Crippen molar-refractivity contribution >= 4 is 11.9 Å². The molecule has 1 aliphatic heterocycles. The smallest absolute Gasteiger partial charge is 0.259 e. The lowest BCUT2D eigenvalue weighted by Gasteiger charge is -2.25. The van der Waals surface area contributed by atoms with Gasteiger partial charge in [-0.3, -0.25) is 10.1 Å². The highest BCUT2D eigenvalue weighted by molar-refractivity contribution is 6.07. The Morgan fingerprint density at radius 3 is 2.11 bits per heavy atom. The molecule has 0 unspecified atom stereocenters. The minimum atomic E-state index is -1.32. The molecule has 1 atom stereocenters. The van der Waals surface area contributed by atoms with Crippen LogP contribution in [0.2, 0.25) is 0 Å². The molecule has 3 rings (SSSR count). The minimum absolute atomic E-state index is 0.0109. The Morgan fingerprint density at radius 1 is 1.07 bits per heavy atom. The summed E-state index contributed by atoms with van der Waals surface area (Å²) < 4.78 is 29.4. The first kappa shape index (κ1) is 18.5. The van der Waals surface area contributed by atoms with Gasteiger partial charge in [-0.25, -0.2) is 9.38 Å². The SMILES string of the molecule is COc1cc(C[C@@]2(c3ccc(F)cc3)N=C(N)NC2=O)cc(OC)c1OC. The molecular weight excluding hydrogens is 353 g/mol. The van der Waals surface area contributed by atoms with Crippen molar-refractivity contribution in [1.82, 2.24) is 5.32 Å². The van der Waals surface area contributed by atoms with Gasteiger partial charge in [0, 0.05) is 6.42 Å². The predicted octanol–water partition coefficient (Wildman–Crippen LogP) is 1.73. The molecule has 0 aliphatic carbocycles. The van der Waals surface area contributed by atoms with Gasteiger partial charge in [0.1, 0.15) is 5.82 Å². The first-order valence-electron chi connectivity index (χ1n) is 8.15. The van der Waals surface area contributed by atoms with Crippen LogP contribution in [0.3, 0.4) is 0 Å². The Morgan fingerprint density at radius 2 is 1.67 bits per heavy atom. The van der Waals surface area contributed by atoms with Crippen molar-refractivity contribution in [3.8, 4) is 17.2 Å². The van der Waals surface area contributed by atoms with E-state index in [4.69, 9.17) is 19.9 Å². The zero-order chi connectivity index (χ0) is 19.6. The Hall–Kier alpha value is -3.29. The van der Waals surface area contributed by atoms with Gasteiger partial charge in [0.15, 0.2) is 23.0 Å². The maximum atomic E-state index is 13.4. The average Bonchev–Trinajstić information content (AvgIpc) is 2.95. The lowest BCUT2D eigenvalue weighted by Crippen LogP contribution is -2.40. The van der Waals surface area contributed by atoms with Gasteiger partial charge < -0.3 is 19.9 Å². The Labute approximate surface area is 155 Å². The van der Waals surface area contributed by atoms with Crippen LogP contribution in [0.5, 0.6) is 17.2 Å². The van der Waals surface area contributed by atoms with Crippen LogP contribution in [0, 0.1) is 5.82 Å². The molecule has 27 heavy (non-hydrogen) atoms. The summed E-state index contributed by atoms with van der Waals surface area (Å²) in [4.78, 5) is 17.1. The highest BCUT2D eigenvalue weighted by Gasteiger charge is 2.45. The number of ether oxygens (including phenoxy) is 3. The molecule has 0 bridgehead atoms. The first-order chi connectivity index (χ1) is 12.9. The maximum Gasteiger partial charge on any atom is 0.259 e. The minimum Gasteiger partial charge on any atom is -0.493 e. The van der Waals surface area contributed by atoms with Gasteiger partial charge in [0.05, 0.1) is 21.3 Å². The third-order valence-electron chi connectivity index (χ3n) is 4.43. The molecule has 0 saturated heterocycles. The van der Waals surface area contributed by atoms with E-state index in [-0.39, 0.29) is 18.3 Å². The monoisotopic (exact) mass is 373 g/mol. The summed E-state index contributed by atoms with van der Waals surface area (Å²) in [6, 6.07) is 9.09. The van der Waals surface area contributed by atoms with Gasteiger partial charge in [-0.05, 0) is 35.4 Å². The van der Waals surface area contributed by atoms with E-state index in [1.54, 1.807) is 12.1 Å². The molecule has 0 radical (unpaired) electrons. The van der Waals surface area contributed by atoms with E-state index in [0.717, 1.165) is 0 Å². The number of halogens is 1. The molecule has 1 amide bonds. The van der Waals surface area contributed by atoms with Crippen LogP contribution in [-0.4, -0.2) is 33.2 Å². The fourth-order valence-corrected chi connectivity index (χ4v) is 3.18. The molecule has 7 nitrogen and oxygen atoms in total. The van der Waals surface area contributed by atoms with Gasteiger partial charge in [-0.2, -0.15) is 0 Å². The number of hydrogen-bond donors (Lipinski definition) is 2. The van der Waals surface area contributed by atoms with Crippen LogP contribution in [-0.2, 0) is 16.8 Å². The Kier molecular flexibility index (Phi) is 4.89. The summed E-state index contributed by atoms with van der Waals surface area (Å²) in [5.41, 5.74) is 5.67. The van der Waals surface area contributed by atoms with Crippen molar-refractivity contribution < 1.29 is 23.4 Å². The maximum absolute atomic E-state index is 13.4. The molecule has 0 spiro atoms. The number of carbonyl (C=O) groups is 1. The molecule has 0 saturated carbocycles.